The number of hydrogen-bond acceptors (Lipinski definition) is 4. The second-order valence-electron chi connectivity index (χ2n) is 5.01. The number of benzene rings is 2. The van der Waals surface area contributed by atoms with Crippen LogP contribution in [0.5, 0.6) is 5.75 Å². The zero-order valence-corrected chi connectivity index (χ0v) is 13.2. The summed E-state index contributed by atoms with van der Waals surface area (Å²) in [7, 11) is 0. The van der Waals surface area contributed by atoms with Gasteiger partial charge >= 0.3 is 5.97 Å². The Labute approximate surface area is 141 Å². The third-order valence-electron chi connectivity index (χ3n) is 3.27. The largest absolute Gasteiger partial charge is 0.423 e. The molecule has 0 N–H and O–H groups in total. The predicted octanol–water partition coefficient (Wildman–Crippen LogP) is 3.72. The van der Waals surface area contributed by atoms with E-state index in [0.717, 1.165) is 22.8 Å². The van der Waals surface area contributed by atoms with Gasteiger partial charge in [-0.25, -0.2) is 4.79 Å². The van der Waals surface area contributed by atoms with Gasteiger partial charge in [0, 0.05) is 6.08 Å². The Morgan fingerprint density at radius 1 is 0.875 bits per heavy atom. The van der Waals surface area contributed by atoms with Crippen molar-refractivity contribution in [2.75, 3.05) is 6.61 Å². The summed E-state index contributed by atoms with van der Waals surface area (Å²) in [6.45, 7) is 7.16. The van der Waals surface area contributed by atoms with Crippen LogP contribution in [0, 0.1) is 0 Å². The SMILES string of the molecule is C=CC(=O)COCc1ccc(-c2ccc(OC(=O)C=C)cc2)cc1. The van der Waals surface area contributed by atoms with E-state index in [0.29, 0.717) is 12.4 Å². The third kappa shape index (κ3) is 5.04. The average molecular weight is 322 g/mol. The van der Waals surface area contributed by atoms with Gasteiger partial charge in [-0.05, 0) is 34.9 Å². The summed E-state index contributed by atoms with van der Waals surface area (Å²) in [5.74, 6) is -0.147. The van der Waals surface area contributed by atoms with Crippen LogP contribution in [0.25, 0.3) is 11.1 Å². The minimum Gasteiger partial charge on any atom is -0.423 e. The van der Waals surface area contributed by atoms with E-state index in [9.17, 15) is 9.59 Å². The molecule has 0 aliphatic rings. The van der Waals surface area contributed by atoms with Crippen molar-refractivity contribution in [2.45, 2.75) is 6.61 Å². The minimum atomic E-state index is -0.484. The maximum absolute atomic E-state index is 11.1. The van der Waals surface area contributed by atoms with Gasteiger partial charge in [-0.1, -0.05) is 49.6 Å². The summed E-state index contributed by atoms with van der Waals surface area (Å²) in [6, 6.07) is 15.0. The van der Waals surface area contributed by atoms with Gasteiger partial charge < -0.3 is 9.47 Å². The third-order valence-corrected chi connectivity index (χ3v) is 3.27. The summed E-state index contributed by atoms with van der Waals surface area (Å²) in [5, 5.41) is 0. The lowest BCUT2D eigenvalue weighted by Gasteiger charge is -2.06. The molecular formula is C20H18O4. The van der Waals surface area contributed by atoms with Gasteiger partial charge in [0.25, 0.3) is 0 Å². The molecule has 0 bridgehead atoms. The highest BCUT2D eigenvalue weighted by Crippen LogP contribution is 2.23. The van der Waals surface area contributed by atoms with Crippen molar-refractivity contribution in [2.24, 2.45) is 0 Å². The monoisotopic (exact) mass is 322 g/mol. The number of rotatable bonds is 8. The van der Waals surface area contributed by atoms with E-state index in [1.807, 2.05) is 36.4 Å². The van der Waals surface area contributed by atoms with E-state index in [4.69, 9.17) is 9.47 Å². The highest BCUT2D eigenvalue weighted by atomic mass is 16.5. The summed E-state index contributed by atoms with van der Waals surface area (Å²) < 4.78 is 10.3. The normalized spacial score (nSPS) is 10.0. The van der Waals surface area contributed by atoms with Gasteiger partial charge in [-0.15, -0.1) is 0 Å². The smallest absolute Gasteiger partial charge is 0.335 e. The molecule has 0 aliphatic carbocycles. The summed E-state index contributed by atoms with van der Waals surface area (Å²) in [6.07, 6.45) is 2.37. The lowest BCUT2D eigenvalue weighted by atomic mass is 10.0. The van der Waals surface area contributed by atoms with E-state index in [-0.39, 0.29) is 12.4 Å². The van der Waals surface area contributed by atoms with Gasteiger partial charge in [0.1, 0.15) is 12.4 Å². The van der Waals surface area contributed by atoms with Crippen molar-refractivity contribution in [1.29, 1.82) is 0 Å². The van der Waals surface area contributed by atoms with Gasteiger partial charge in [0.15, 0.2) is 5.78 Å². The second kappa shape index (κ2) is 8.60. The zero-order chi connectivity index (χ0) is 17.4. The zero-order valence-electron chi connectivity index (χ0n) is 13.2. The van der Waals surface area contributed by atoms with Crippen molar-refractivity contribution in [3.8, 4) is 16.9 Å². The maximum Gasteiger partial charge on any atom is 0.335 e. The predicted molar refractivity (Wildman–Crippen MR) is 92.6 cm³/mol. The highest BCUT2D eigenvalue weighted by molar-refractivity contribution is 5.90. The fraction of sp³-hybridized carbons (Fsp3) is 0.100. The van der Waals surface area contributed by atoms with Crippen molar-refractivity contribution in [3.63, 3.8) is 0 Å². The van der Waals surface area contributed by atoms with Crippen LogP contribution in [0.15, 0.2) is 73.8 Å². The number of esters is 1. The molecule has 0 spiro atoms. The van der Waals surface area contributed by atoms with E-state index in [1.165, 1.54) is 6.08 Å². The van der Waals surface area contributed by atoms with Gasteiger partial charge in [0.2, 0.25) is 0 Å². The van der Waals surface area contributed by atoms with Crippen LogP contribution in [0.3, 0.4) is 0 Å². The second-order valence-corrected chi connectivity index (χ2v) is 5.01. The molecule has 4 heteroatoms. The molecule has 2 aromatic carbocycles. The number of ether oxygens (including phenoxy) is 2. The fourth-order valence-electron chi connectivity index (χ4n) is 2.00. The highest BCUT2D eigenvalue weighted by Gasteiger charge is 2.03. The number of hydrogen-bond donors (Lipinski definition) is 0. The summed E-state index contributed by atoms with van der Waals surface area (Å²) >= 11 is 0. The van der Waals surface area contributed by atoms with E-state index in [2.05, 4.69) is 13.2 Å². The van der Waals surface area contributed by atoms with Gasteiger partial charge in [-0.3, -0.25) is 4.79 Å². The van der Waals surface area contributed by atoms with Crippen LogP contribution in [-0.2, 0) is 20.9 Å². The first-order valence-electron chi connectivity index (χ1n) is 7.39. The Balaban J connectivity index is 1.97. The Morgan fingerprint density at radius 3 is 2.00 bits per heavy atom. The molecule has 2 aromatic rings. The Kier molecular flexibility index (Phi) is 6.23. The Bertz CT molecular complexity index is 727. The minimum absolute atomic E-state index is 0.0378. The van der Waals surface area contributed by atoms with Crippen molar-refractivity contribution in [3.05, 3.63) is 79.4 Å². The molecule has 0 saturated heterocycles. The van der Waals surface area contributed by atoms with Crippen LogP contribution in [-0.4, -0.2) is 18.4 Å². The topological polar surface area (TPSA) is 52.6 Å². The molecule has 0 atom stereocenters. The first-order chi connectivity index (χ1) is 11.6. The molecular weight excluding hydrogens is 304 g/mol. The molecule has 0 aliphatic heterocycles. The average Bonchev–Trinajstić information content (AvgIpc) is 2.62. The fourth-order valence-corrected chi connectivity index (χ4v) is 2.00. The first kappa shape index (κ1) is 17.4. The Morgan fingerprint density at radius 2 is 1.46 bits per heavy atom. The van der Waals surface area contributed by atoms with Gasteiger partial charge in [-0.2, -0.15) is 0 Å². The molecule has 0 heterocycles. The number of ketones is 1. The van der Waals surface area contributed by atoms with Crippen molar-refractivity contribution < 1.29 is 19.1 Å². The number of carbonyl (C=O) groups is 2. The summed E-state index contributed by atoms with van der Waals surface area (Å²) in [5.41, 5.74) is 3.01. The first-order valence-corrected chi connectivity index (χ1v) is 7.39. The van der Waals surface area contributed by atoms with Crippen LogP contribution < -0.4 is 4.74 Å². The molecule has 2 rings (SSSR count). The lowest BCUT2D eigenvalue weighted by molar-refractivity contribution is -0.129. The lowest BCUT2D eigenvalue weighted by Crippen LogP contribution is -2.04. The van der Waals surface area contributed by atoms with E-state index < -0.39 is 5.97 Å². The van der Waals surface area contributed by atoms with Crippen LogP contribution in [0.2, 0.25) is 0 Å². The standard InChI is InChI=1S/C20H18O4/c1-3-18(21)14-23-13-15-5-7-16(8-6-15)17-9-11-19(12-10-17)24-20(22)4-2/h3-12H,1-2,13-14H2. The molecule has 0 saturated carbocycles. The van der Waals surface area contributed by atoms with Crippen LogP contribution in [0.4, 0.5) is 0 Å². The molecule has 0 fully saturated rings. The van der Waals surface area contributed by atoms with E-state index >= 15 is 0 Å². The maximum atomic E-state index is 11.1. The molecule has 122 valence electrons. The van der Waals surface area contributed by atoms with Crippen LogP contribution in [0.1, 0.15) is 5.56 Å². The molecule has 0 amide bonds. The molecule has 4 nitrogen and oxygen atoms in total. The number of carbonyl (C=O) groups excluding carboxylic acids is 2. The van der Waals surface area contributed by atoms with Gasteiger partial charge in [0.05, 0.1) is 6.61 Å². The quantitative estimate of drug-likeness (QED) is 0.422. The molecule has 0 aromatic heterocycles. The Hall–Kier alpha value is -2.98. The summed E-state index contributed by atoms with van der Waals surface area (Å²) in [4.78, 5) is 22.2. The molecule has 0 radical (unpaired) electrons. The van der Waals surface area contributed by atoms with Crippen LogP contribution >= 0.6 is 0 Å². The van der Waals surface area contributed by atoms with Crippen molar-refractivity contribution in [1.82, 2.24) is 0 Å². The van der Waals surface area contributed by atoms with Crippen molar-refractivity contribution >= 4 is 11.8 Å². The van der Waals surface area contributed by atoms with E-state index in [1.54, 1.807) is 12.1 Å². The molecule has 24 heavy (non-hydrogen) atoms. The molecule has 0 unspecified atom stereocenters.